The smallest absolute Gasteiger partial charge is 0.249 e. The minimum Gasteiger partial charge on any atom is -0.339 e. The third-order valence-electron chi connectivity index (χ3n) is 5.16. The maximum absolute atomic E-state index is 12.9. The van der Waals surface area contributed by atoms with Gasteiger partial charge in [-0.1, -0.05) is 18.2 Å². The van der Waals surface area contributed by atoms with Gasteiger partial charge in [-0.2, -0.15) is 0 Å². The monoisotopic (exact) mass is 311 g/mol. The van der Waals surface area contributed by atoms with E-state index in [1.54, 1.807) is 0 Å². The summed E-state index contributed by atoms with van der Waals surface area (Å²) in [6, 6.07) is 10.3. The second-order valence-electron chi connectivity index (χ2n) is 6.59. The molecular formula is C19H25N3O. The fourth-order valence-electron chi connectivity index (χ4n) is 3.85. The summed E-state index contributed by atoms with van der Waals surface area (Å²) < 4.78 is 0. The average molecular weight is 311 g/mol. The van der Waals surface area contributed by atoms with Gasteiger partial charge in [-0.05, 0) is 37.9 Å². The Labute approximate surface area is 139 Å². The highest BCUT2D eigenvalue weighted by molar-refractivity contribution is 5.93. The molecule has 0 saturated carbocycles. The predicted octanol–water partition coefficient (Wildman–Crippen LogP) is 2.17. The molecule has 0 bridgehead atoms. The van der Waals surface area contributed by atoms with Gasteiger partial charge in [0.25, 0.3) is 0 Å². The molecule has 3 rings (SSSR count). The lowest BCUT2D eigenvalue weighted by Crippen LogP contribution is -2.56. The van der Waals surface area contributed by atoms with Crippen molar-refractivity contribution in [3.63, 3.8) is 0 Å². The highest BCUT2D eigenvalue weighted by Crippen LogP contribution is 2.38. The number of terminal acetylenes is 1. The first-order valence-electron chi connectivity index (χ1n) is 8.41. The summed E-state index contributed by atoms with van der Waals surface area (Å²) in [6.07, 6.45) is 8.98. The molecule has 2 heterocycles. The van der Waals surface area contributed by atoms with Crippen LogP contribution in [0.2, 0.25) is 0 Å². The topological polar surface area (TPSA) is 26.8 Å². The molecule has 2 saturated heterocycles. The molecule has 0 radical (unpaired) electrons. The molecule has 2 fully saturated rings. The Balaban J connectivity index is 1.74. The zero-order valence-corrected chi connectivity index (χ0v) is 13.9. The number of amides is 1. The summed E-state index contributed by atoms with van der Waals surface area (Å²) >= 11 is 0. The molecule has 2 aliphatic rings. The van der Waals surface area contributed by atoms with Crippen LogP contribution in [0.3, 0.4) is 0 Å². The third kappa shape index (κ3) is 2.94. The molecule has 4 nitrogen and oxygen atoms in total. The number of carbonyl (C=O) groups excluding carboxylic acids is 1. The van der Waals surface area contributed by atoms with Gasteiger partial charge in [-0.25, -0.2) is 0 Å². The van der Waals surface area contributed by atoms with E-state index in [2.05, 4.69) is 27.9 Å². The van der Waals surface area contributed by atoms with E-state index in [4.69, 9.17) is 6.42 Å². The number of hydrogen-bond donors (Lipinski definition) is 0. The molecule has 122 valence electrons. The summed E-state index contributed by atoms with van der Waals surface area (Å²) in [6.45, 7) is 3.65. The van der Waals surface area contributed by atoms with Crippen molar-refractivity contribution >= 4 is 11.6 Å². The second-order valence-corrected chi connectivity index (χ2v) is 6.59. The van der Waals surface area contributed by atoms with Gasteiger partial charge in [0.15, 0.2) is 0 Å². The van der Waals surface area contributed by atoms with E-state index in [0.29, 0.717) is 6.67 Å². The van der Waals surface area contributed by atoms with Crippen LogP contribution in [0.15, 0.2) is 30.3 Å². The molecule has 0 unspecified atom stereocenters. The molecule has 0 aliphatic carbocycles. The largest absolute Gasteiger partial charge is 0.339 e. The van der Waals surface area contributed by atoms with Gasteiger partial charge >= 0.3 is 0 Å². The van der Waals surface area contributed by atoms with E-state index >= 15 is 0 Å². The van der Waals surface area contributed by atoms with Crippen molar-refractivity contribution in [2.24, 2.45) is 0 Å². The number of unbranched alkanes of at least 4 members (excludes halogenated alkanes) is 1. The van der Waals surface area contributed by atoms with Crippen molar-refractivity contribution < 1.29 is 4.79 Å². The molecule has 0 atom stereocenters. The first kappa shape index (κ1) is 15.9. The number of hydrogen-bond acceptors (Lipinski definition) is 3. The lowest BCUT2D eigenvalue weighted by molar-refractivity contribution is -0.132. The Morgan fingerprint density at radius 2 is 1.91 bits per heavy atom. The van der Waals surface area contributed by atoms with Crippen LogP contribution < -0.4 is 4.90 Å². The van der Waals surface area contributed by atoms with Gasteiger partial charge in [0.1, 0.15) is 5.54 Å². The van der Waals surface area contributed by atoms with E-state index in [9.17, 15) is 4.79 Å². The van der Waals surface area contributed by atoms with E-state index in [1.165, 1.54) is 0 Å². The highest BCUT2D eigenvalue weighted by atomic mass is 16.2. The number of benzene rings is 1. The van der Waals surface area contributed by atoms with Crippen molar-refractivity contribution in [3.05, 3.63) is 30.3 Å². The van der Waals surface area contributed by atoms with E-state index < -0.39 is 0 Å². The number of carbonyl (C=O) groups is 1. The number of likely N-dealkylation sites (N-methyl/N-ethyl adjacent to an activating group) is 1. The molecule has 0 aromatic heterocycles. The predicted molar refractivity (Wildman–Crippen MR) is 93.0 cm³/mol. The Hall–Kier alpha value is -1.99. The van der Waals surface area contributed by atoms with E-state index in [1.807, 2.05) is 30.1 Å². The van der Waals surface area contributed by atoms with Crippen LogP contribution >= 0.6 is 0 Å². The Morgan fingerprint density at radius 3 is 2.57 bits per heavy atom. The Morgan fingerprint density at radius 1 is 1.22 bits per heavy atom. The first-order valence-corrected chi connectivity index (χ1v) is 8.41. The van der Waals surface area contributed by atoms with Gasteiger partial charge in [-0.3, -0.25) is 4.79 Å². The number of nitrogens with zero attached hydrogens (tertiary/aromatic N) is 3. The standard InChI is InChI=1S/C19H25N3O/c1-3-4-8-13-21-14-11-19(12-15-21)18(23)20(2)16-22(19)17-9-6-5-7-10-17/h1,5-7,9-10H,4,8,11-16H2,2H3. The molecule has 23 heavy (non-hydrogen) atoms. The summed E-state index contributed by atoms with van der Waals surface area (Å²) in [7, 11) is 1.91. The van der Waals surface area contributed by atoms with Gasteiger partial charge in [0, 0.05) is 32.2 Å². The normalized spacial score (nSPS) is 21.0. The number of piperidine rings is 1. The maximum atomic E-state index is 12.9. The van der Waals surface area contributed by atoms with Gasteiger partial charge in [0.2, 0.25) is 5.91 Å². The zero-order chi connectivity index (χ0) is 16.3. The van der Waals surface area contributed by atoms with Crippen molar-refractivity contribution in [2.45, 2.75) is 31.2 Å². The number of rotatable bonds is 4. The van der Waals surface area contributed by atoms with Crippen LogP contribution in [0, 0.1) is 12.3 Å². The summed E-state index contributed by atoms with van der Waals surface area (Å²) in [5, 5.41) is 0. The second kappa shape index (κ2) is 6.64. The summed E-state index contributed by atoms with van der Waals surface area (Å²) in [5.41, 5.74) is 0.782. The molecule has 1 aromatic rings. The van der Waals surface area contributed by atoms with Crippen molar-refractivity contribution in [3.8, 4) is 12.3 Å². The van der Waals surface area contributed by atoms with E-state index in [-0.39, 0.29) is 11.4 Å². The Bertz CT molecular complexity index is 584. The number of para-hydroxylation sites is 1. The number of likely N-dealkylation sites (tertiary alicyclic amines) is 1. The molecule has 4 heteroatoms. The zero-order valence-electron chi connectivity index (χ0n) is 13.9. The van der Waals surface area contributed by atoms with E-state index in [0.717, 1.165) is 51.0 Å². The Kier molecular flexibility index (Phi) is 4.58. The van der Waals surface area contributed by atoms with Gasteiger partial charge in [0.05, 0.1) is 6.67 Å². The van der Waals surface area contributed by atoms with Gasteiger partial charge in [-0.15, -0.1) is 12.3 Å². The van der Waals surface area contributed by atoms with Crippen molar-refractivity contribution in [1.82, 2.24) is 9.80 Å². The summed E-state index contributed by atoms with van der Waals surface area (Å²) in [4.78, 5) is 19.5. The molecule has 2 aliphatic heterocycles. The lowest BCUT2D eigenvalue weighted by Gasteiger charge is -2.43. The van der Waals surface area contributed by atoms with Crippen LogP contribution in [0.25, 0.3) is 0 Å². The minimum absolute atomic E-state index is 0.268. The number of anilines is 1. The first-order chi connectivity index (χ1) is 11.2. The quantitative estimate of drug-likeness (QED) is 0.630. The highest BCUT2D eigenvalue weighted by Gasteiger charge is 2.52. The molecule has 1 aromatic carbocycles. The lowest BCUT2D eigenvalue weighted by atomic mass is 9.85. The van der Waals surface area contributed by atoms with Crippen LogP contribution in [-0.4, -0.2) is 54.6 Å². The molecule has 0 N–H and O–H groups in total. The van der Waals surface area contributed by atoms with Crippen molar-refractivity contribution in [1.29, 1.82) is 0 Å². The molecule has 1 spiro atoms. The third-order valence-corrected chi connectivity index (χ3v) is 5.16. The van der Waals surface area contributed by atoms with Crippen LogP contribution in [0.4, 0.5) is 5.69 Å². The maximum Gasteiger partial charge on any atom is 0.249 e. The molecular weight excluding hydrogens is 286 g/mol. The van der Waals surface area contributed by atoms with Gasteiger partial charge < -0.3 is 14.7 Å². The molecule has 1 amide bonds. The van der Waals surface area contributed by atoms with Crippen LogP contribution in [-0.2, 0) is 4.79 Å². The van der Waals surface area contributed by atoms with Crippen LogP contribution in [0.1, 0.15) is 25.7 Å². The SMILES string of the molecule is C#CCCCN1CCC2(CC1)C(=O)N(C)CN2c1ccccc1. The average Bonchev–Trinajstić information content (AvgIpc) is 2.83. The van der Waals surface area contributed by atoms with Crippen molar-refractivity contribution in [2.75, 3.05) is 38.3 Å². The van der Waals surface area contributed by atoms with Crippen LogP contribution in [0.5, 0.6) is 0 Å². The summed E-state index contributed by atoms with van der Waals surface area (Å²) in [5.74, 6) is 2.97. The fraction of sp³-hybridized carbons (Fsp3) is 0.526. The minimum atomic E-state index is -0.362. The fourth-order valence-corrected chi connectivity index (χ4v) is 3.85.